The summed E-state index contributed by atoms with van der Waals surface area (Å²) < 4.78 is 0. The topological polar surface area (TPSA) is 32.3 Å². The van der Waals surface area contributed by atoms with E-state index in [9.17, 15) is 5.11 Å². The summed E-state index contributed by atoms with van der Waals surface area (Å²) in [5.74, 6) is 2.84. The van der Waals surface area contributed by atoms with Gasteiger partial charge in [-0.15, -0.1) is 6.42 Å². The van der Waals surface area contributed by atoms with E-state index < -0.39 is 5.54 Å². The minimum atomic E-state index is -0.394. The molecule has 0 bridgehead atoms. The van der Waals surface area contributed by atoms with Gasteiger partial charge in [0.05, 0.1) is 5.54 Å². The lowest BCUT2D eigenvalue weighted by atomic mass is 10.1. The number of halogens is 1. The van der Waals surface area contributed by atoms with Crippen molar-refractivity contribution in [3.05, 3.63) is 28.8 Å². The molecule has 0 fully saturated rings. The zero-order valence-electron chi connectivity index (χ0n) is 8.84. The van der Waals surface area contributed by atoms with E-state index in [0.29, 0.717) is 11.6 Å². The van der Waals surface area contributed by atoms with Crippen LogP contribution in [0.15, 0.2) is 18.2 Å². The first-order chi connectivity index (χ1) is 6.94. The van der Waals surface area contributed by atoms with Crippen molar-refractivity contribution in [2.24, 2.45) is 0 Å². The highest BCUT2D eigenvalue weighted by Crippen LogP contribution is 2.21. The van der Waals surface area contributed by atoms with Gasteiger partial charge in [0.2, 0.25) is 0 Å². The van der Waals surface area contributed by atoms with Crippen LogP contribution in [0.2, 0.25) is 5.02 Å². The Balaban J connectivity index is 2.74. The fourth-order valence-corrected chi connectivity index (χ4v) is 1.26. The molecule has 0 radical (unpaired) electrons. The van der Waals surface area contributed by atoms with Crippen LogP contribution >= 0.6 is 11.6 Å². The van der Waals surface area contributed by atoms with Gasteiger partial charge >= 0.3 is 0 Å². The van der Waals surface area contributed by atoms with Gasteiger partial charge in [-0.2, -0.15) is 0 Å². The van der Waals surface area contributed by atoms with E-state index in [1.54, 1.807) is 18.2 Å². The van der Waals surface area contributed by atoms with Crippen molar-refractivity contribution in [2.75, 3.05) is 0 Å². The van der Waals surface area contributed by atoms with Crippen molar-refractivity contribution < 1.29 is 5.11 Å². The summed E-state index contributed by atoms with van der Waals surface area (Å²) >= 11 is 5.82. The van der Waals surface area contributed by atoms with Crippen LogP contribution in [0.3, 0.4) is 0 Å². The Morgan fingerprint density at radius 2 is 2.20 bits per heavy atom. The summed E-state index contributed by atoms with van der Waals surface area (Å²) in [7, 11) is 0. The summed E-state index contributed by atoms with van der Waals surface area (Å²) in [4.78, 5) is 0. The fourth-order valence-electron chi connectivity index (χ4n) is 1.06. The lowest BCUT2D eigenvalue weighted by Gasteiger charge is -2.19. The van der Waals surface area contributed by atoms with Crippen molar-refractivity contribution in [2.45, 2.75) is 25.9 Å². The van der Waals surface area contributed by atoms with Gasteiger partial charge < -0.3 is 5.11 Å². The molecule has 0 aliphatic rings. The van der Waals surface area contributed by atoms with E-state index in [4.69, 9.17) is 18.0 Å². The van der Waals surface area contributed by atoms with Crippen LogP contribution in [0.4, 0.5) is 0 Å². The van der Waals surface area contributed by atoms with Crippen molar-refractivity contribution in [1.29, 1.82) is 0 Å². The van der Waals surface area contributed by atoms with Crippen molar-refractivity contribution in [3.63, 3.8) is 0 Å². The SMILES string of the molecule is C#CC(C)(C)NCc1cc(Cl)ccc1O. The van der Waals surface area contributed by atoms with Crippen LogP contribution < -0.4 is 5.32 Å². The van der Waals surface area contributed by atoms with Gasteiger partial charge in [0.1, 0.15) is 5.75 Å². The van der Waals surface area contributed by atoms with Gasteiger partial charge in [0.25, 0.3) is 0 Å². The maximum Gasteiger partial charge on any atom is 0.120 e. The van der Waals surface area contributed by atoms with Crippen LogP contribution in [0.25, 0.3) is 0 Å². The molecule has 0 heterocycles. The lowest BCUT2D eigenvalue weighted by Crippen LogP contribution is -2.36. The summed E-state index contributed by atoms with van der Waals surface area (Å²) in [6.45, 7) is 4.28. The standard InChI is InChI=1S/C12H14ClNO/c1-4-12(2,3)14-8-9-7-10(13)5-6-11(9)15/h1,5-7,14-15H,8H2,2-3H3. The normalized spacial score (nSPS) is 11.1. The number of hydrogen-bond donors (Lipinski definition) is 2. The van der Waals surface area contributed by atoms with Gasteiger partial charge in [-0.25, -0.2) is 0 Å². The molecule has 80 valence electrons. The highest BCUT2D eigenvalue weighted by molar-refractivity contribution is 6.30. The fraction of sp³-hybridized carbons (Fsp3) is 0.333. The zero-order chi connectivity index (χ0) is 11.5. The smallest absolute Gasteiger partial charge is 0.120 e. The average Bonchev–Trinajstić information content (AvgIpc) is 2.20. The van der Waals surface area contributed by atoms with E-state index in [0.717, 1.165) is 5.56 Å². The van der Waals surface area contributed by atoms with E-state index in [1.807, 2.05) is 13.8 Å². The lowest BCUT2D eigenvalue weighted by molar-refractivity contribution is 0.448. The van der Waals surface area contributed by atoms with E-state index >= 15 is 0 Å². The molecule has 1 rings (SSSR count). The molecule has 0 amide bonds. The Morgan fingerprint density at radius 1 is 1.53 bits per heavy atom. The number of phenolic OH excluding ortho intramolecular Hbond substituents is 1. The first-order valence-corrected chi connectivity index (χ1v) is 5.02. The molecule has 1 aromatic rings. The van der Waals surface area contributed by atoms with Crippen LogP contribution in [0, 0.1) is 12.3 Å². The second-order valence-corrected chi connectivity index (χ2v) is 4.33. The monoisotopic (exact) mass is 223 g/mol. The van der Waals surface area contributed by atoms with Gasteiger partial charge in [-0.3, -0.25) is 5.32 Å². The second-order valence-electron chi connectivity index (χ2n) is 3.90. The number of hydrogen-bond acceptors (Lipinski definition) is 2. The molecule has 3 heteroatoms. The predicted molar refractivity (Wildman–Crippen MR) is 62.9 cm³/mol. The van der Waals surface area contributed by atoms with Crippen molar-refractivity contribution in [1.82, 2.24) is 5.32 Å². The van der Waals surface area contributed by atoms with Crippen LogP contribution in [0.5, 0.6) is 5.75 Å². The first-order valence-electron chi connectivity index (χ1n) is 4.65. The molecule has 0 aliphatic carbocycles. The van der Waals surface area contributed by atoms with Gasteiger partial charge in [0.15, 0.2) is 0 Å². The number of terminal acetylenes is 1. The molecule has 0 saturated heterocycles. The minimum Gasteiger partial charge on any atom is -0.508 e. The molecule has 0 atom stereocenters. The summed E-state index contributed by atoms with van der Waals surface area (Å²) in [5.41, 5.74) is 0.347. The number of benzene rings is 1. The van der Waals surface area contributed by atoms with Gasteiger partial charge in [-0.1, -0.05) is 17.5 Å². The third-order valence-electron chi connectivity index (χ3n) is 2.12. The molecule has 0 saturated carbocycles. The number of phenols is 1. The molecular weight excluding hydrogens is 210 g/mol. The van der Waals surface area contributed by atoms with E-state index in [2.05, 4.69) is 11.2 Å². The highest BCUT2D eigenvalue weighted by atomic mass is 35.5. The maximum atomic E-state index is 9.55. The second kappa shape index (κ2) is 4.57. The van der Waals surface area contributed by atoms with Gasteiger partial charge in [-0.05, 0) is 32.0 Å². The van der Waals surface area contributed by atoms with Crippen LogP contribution in [-0.2, 0) is 6.54 Å². The summed E-state index contributed by atoms with van der Waals surface area (Å²) in [6, 6.07) is 4.94. The Bertz CT molecular complexity index is 393. The summed E-state index contributed by atoms with van der Waals surface area (Å²) in [5, 5.41) is 13.3. The Kier molecular flexibility index (Phi) is 3.62. The molecule has 0 spiro atoms. The molecule has 2 nitrogen and oxygen atoms in total. The molecule has 0 unspecified atom stereocenters. The molecule has 0 aromatic heterocycles. The molecular formula is C12H14ClNO. The third-order valence-corrected chi connectivity index (χ3v) is 2.36. The Morgan fingerprint density at radius 3 is 2.80 bits per heavy atom. The number of nitrogens with one attached hydrogen (secondary N) is 1. The molecule has 1 aromatic carbocycles. The van der Waals surface area contributed by atoms with Crippen molar-refractivity contribution >= 4 is 11.6 Å². The van der Waals surface area contributed by atoms with Gasteiger partial charge in [0, 0.05) is 17.1 Å². The Labute approximate surface area is 95.3 Å². The maximum absolute atomic E-state index is 9.55. The van der Waals surface area contributed by atoms with E-state index in [-0.39, 0.29) is 5.75 Å². The summed E-state index contributed by atoms with van der Waals surface area (Å²) in [6.07, 6.45) is 5.34. The van der Waals surface area contributed by atoms with Crippen LogP contribution in [0.1, 0.15) is 19.4 Å². The number of aromatic hydroxyl groups is 1. The zero-order valence-corrected chi connectivity index (χ0v) is 9.60. The average molecular weight is 224 g/mol. The largest absolute Gasteiger partial charge is 0.508 e. The highest BCUT2D eigenvalue weighted by Gasteiger charge is 2.13. The third kappa shape index (κ3) is 3.47. The molecule has 2 N–H and O–H groups in total. The van der Waals surface area contributed by atoms with Crippen LogP contribution in [-0.4, -0.2) is 10.6 Å². The Hall–Kier alpha value is -1.17. The minimum absolute atomic E-state index is 0.222. The number of rotatable bonds is 3. The van der Waals surface area contributed by atoms with Crippen molar-refractivity contribution in [3.8, 4) is 18.1 Å². The molecule has 0 aliphatic heterocycles. The molecule has 15 heavy (non-hydrogen) atoms. The first kappa shape index (κ1) is 11.9. The predicted octanol–water partition coefficient (Wildman–Crippen LogP) is 2.55. The van der Waals surface area contributed by atoms with E-state index in [1.165, 1.54) is 0 Å². The quantitative estimate of drug-likeness (QED) is 0.772.